The van der Waals surface area contributed by atoms with Crippen molar-refractivity contribution in [2.75, 3.05) is 11.5 Å². The van der Waals surface area contributed by atoms with E-state index in [1.807, 2.05) is 32.0 Å². The molecule has 0 bridgehead atoms. The molecule has 1 aliphatic rings. The molecule has 6 heteroatoms. The van der Waals surface area contributed by atoms with Crippen LogP contribution < -0.4 is 10.1 Å². The van der Waals surface area contributed by atoms with Gasteiger partial charge in [-0.25, -0.2) is 4.79 Å². The molecule has 2 rings (SSSR count). The molecule has 1 aliphatic heterocycles. The van der Waals surface area contributed by atoms with Crippen molar-refractivity contribution >= 4 is 23.6 Å². The van der Waals surface area contributed by atoms with Crippen LogP contribution in [-0.2, 0) is 9.59 Å². The Bertz CT molecular complexity index is 569. The largest absolute Gasteiger partial charge is 0.481 e. The van der Waals surface area contributed by atoms with E-state index < -0.39 is 17.6 Å². The number of carbonyl (C=O) groups is 2. The van der Waals surface area contributed by atoms with Crippen LogP contribution in [0, 0.1) is 6.92 Å². The lowest BCUT2D eigenvalue weighted by Gasteiger charge is -2.34. The number of carbonyl (C=O) groups excluding carboxylic acids is 1. The zero-order valence-corrected chi connectivity index (χ0v) is 14.3. The number of aliphatic carboxylic acids is 1. The molecule has 0 radical (unpaired) electrons. The normalized spacial score (nSPS) is 18.0. The van der Waals surface area contributed by atoms with Gasteiger partial charge < -0.3 is 15.2 Å². The highest BCUT2D eigenvalue weighted by Gasteiger charge is 2.42. The first-order valence-corrected chi connectivity index (χ1v) is 8.99. The number of rotatable bonds is 6. The van der Waals surface area contributed by atoms with Gasteiger partial charge in [0.1, 0.15) is 11.3 Å². The molecule has 5 nitrogen and oxygen atoms in total. The molecule has 1 unspecified atom stereocenters. The summed E-state index contributed by atoms with van der Waals surface area (Å²) >= 11 is 1.71. The molecule has 0 spiro atoms. The van der Waals surface area contributed by atoms with Gasteiger partial charge in [-0.15, -0.1) is 0 Å². The lowest BCUT2D eigenvalue weighted by molar-refractivity contribution is -0.149. The van der Waals surface area contributed by atoms with Crippen LogP contribution in [-0.4, -0.2) is 40.1 Å². The van der Waals surface area contributed by atoms with E-state index in [4.69, 9.17) is 4.74 Å². The van der Waals surface area contributed by atoms with E-state index in [1.54, 1.807) is 17.8 Å². The Morgan fingerprint density at radius 1 is 1.39 bits per heavy atom. The summed E-state index contributed by atoms with van der Waals surface area (Å²) in [5.74, 6) is 0.778. The summed E-state index contributed by atoms with van der Waals surface area (Å²) in [5, 5.41) is 12.3. The van der Waals surface area contributed by atoms with Crippen LogP contribution in [0.4, 0.5) is 0 Å². The Balaban J connectivity index is 2.08. The fourth-order valence-corrected chi connectivity index (χ4v) is 3.79. The van der Waals surface area contributed by atoms with Gasteiger partial charge in [-0.05, 0) is 55.4 Å². The minimum atomic E-state index is -1.16. The van der Waals surface area contributed by atoms with Crippen LogP contribution in [0.1, 0.15) is 31.7 Å². The van der Waals surface area contributed by atoms with Gasteiger partial charge >= 0.3 is 5.97 Å². The predicted molar refractivity (Wildman–Crippen MR) is 91.0 cm³/mol. The fourth-order valence-electron chi connectivity index (χ4n) is 2.60. The summed E-state index contributed by atoms with van der Waals surface area (Å²) in [7, 11) is 0. The number of thioether (sulfide) groups is 1. The molecule has 1 amide bonds. The Morgan fingerprint density at radius 3 is 2.65 bits per heavy atom. The highest BCUT2D eigenvalue weighted by Crippen LogP contribution is 2.28. The number of hydrogen-bond donors (Lipinski definition) is 2. The van der Waals surface area contributed by atoms with Crippen molar-refractivity contribution in [3.05, 3.63) is 29.8 Å². The third-order valence-corrected chi connectivity index (χ3v) is 5.03. The van der Waals surface area contributed by atoms with Crippen LogP contribution >= 0.6 is 11.8 Å². The Labute approximate surface area is 140 Å². The lowest BCUT2D eigenvalue weighted by atomic mass is 9.92. The van der Waals surface area contributed by atoms with Crippen molar-refractivity contribution in [1.82, 2.24) is 5.32 Å². The second-order valence-electron chi connectivity index (χ2n) is 5.82. The molecule has 1 atom stereocenters. The zero-order chi connectivity index (χ0) is 16.9. The van der Waals surface area contributed by atoms with E-state index in [2.05, 4.69) is 5.32 Å². The van der Waals surface area contributed by atoms with Crippen molar-refractivity contribution in [3.8, 4) is 5.75 Å². The molecule has 0 saturated carbocycles. The maximum atomic E-state index is 12.5. The van der Waals surface area contributed by atoms with Crippen molar-refractivity contribution in [3.63, 3.8) is 0 Å². The van der Waals surface area contributed by atoms with Gasteiger partial charge in [0.2, 0.25) is 0 Å². The first kappa shape index (κ1) is 17.7. The molecule has 1 aromatic rings. The van der Waals surface area contributed by atoms with Crippen LogP contribution in [0.5, 0.6) is 5.75 Å². The van der Waals surface area contributed by atoms with Crippen molar-refractivity contribution in [2.45, 2.75) is 44.8 Å². The number of carboxylic acid groups (broad SMARTS) is 1. The zero-order valence-electron chi connectivity index (χ0n) is 13.5. The van der Waals surface area contributed by atoms with E-state index in [1.165, 1.54) is 0 Å². The van der Waals surface area contributed by atoms with Crippen molar-refractivity contribution in [2.24, 2.45) is 0 Å². The maximum absolute atomic E-state index is 12.5. The van der Waals surface area contributed by atoms with Crippen LogP contribution in [0.25, 0.3) is 0 Å². The third kappa shape index (κ3) is 4.41. The first-order valence-electron chi connectivity index (χ1n) is 7.83. The van der Waals surface area contributed by atoms with Gasteiger partial charge in [-0.1, -0.05) is 19.1 Å². The molecular weight excluding hydrogens is 314 g/mol. The number of hydrogen-bond acceptors (Lipinski definition) is 4. The number of amides is 1. The summed E-state index contributed by atoms with van der Waals surface area (Å²) < 4.78 is 5.76. The molecule has 0 aromatic heterocycles. The average molecular weight is 337 g/mol. The quantitative estimate of drug-likeness (QED) is 0.834. The number of carboxylic acids is 1. The summed E-state index contributed by atoms with van der Waals surface area (Å²) in [6.45, 7) is 3.80. The van der Waals surface area contributed by atoms with E-state index >= 15 is 0 Å². The van der Waals surface area contributed by atoms with E-state index in [9.17, 15) is 14.7 Å². The van der Waals surface area contributed by atoms with Crippen LogP contribution in [0.3, 0.4) is 0 Å². The second kappa shape index (κ2) is 7.73. The van der Waals surface area contributed by atoms with Crippen molar-refractivity contribution in [1.29, 1.82) is 0 Å². The fraction of sp³-hybridized carbons (Fsp3) is 0.529. The minimum absolute atomic E-state index is 0.358. The van der Waals surface area contributed by atoms with Gasteiger partial charge in [0.25, 0.3) is 5.91 Å². The first-order chi connectivity index (χ1) is 11.0. The van der Waals surface area contributed by atoms with Crippen molar-refractivity contribution < 1.29 is 19.4 Å². The summed E-state index contributed by atoms with van der Waals surface area (Å²) in [4.78, 5) is 24.2. The summed E-state index contributed by atoms with van der Waals surface area (Å²) in [6, 6.07) is 7.48. The summed E-state index contributed by atoms with van der Waals surface area (Å²) in [6.07, 6.45) is 0.673. The number of benzene rings is 1. The van der Waals surface area contributed by atoms with E-state index in [-0.39, 0.29) is 5.91 Å². The van der Waals surface area contributed by atoms with E-state index in [0.29, 0.717) is 25.0 Å². The van der Waals surface area contributed by atoms with Gasteiger partial charge in [-0.3, -0.25) is 4.79 Å². The highest BCUT2D eigenvalue weighted by molar-refractivity contribution is 7.99. The molecular formula is C17H23NO4S. The summed E-state index contributed by atoms with van der Waals surface area (Å²) in [5.41, 5.74) is -0.116. The number of aryl methyl sites for hydroxylation is 1. The Kier molecular flexibility index (Phi) is 5.93. The molecule has 126 valence electrons. The maximum Gasteiger partial charge on any atom is 0.329 e. The van der Waals surface area contributed by atoms with E-state index in [0.717, 1.165) is 17.1 Å². The van der Waals surface area contributed by atoms with Gasteiger partial charge in [-0.2, -0.15) is 11.8 Å². The molecule has 1 fully saturated rings. The van der Waals surface area contributed by atoms with Gasteiger partial charge in [0, 0.05) is 0 Å². The molecule has 0 aliphatic carbocycles. The van der Waals surface area contributed by atoms with Gasteiger partial charge in [0.15, 0.2) is 6.10 Å². The highest BCUT2D eigenvalue weighted by atomic mass is 32.2. The Hall–Kier alpha value is -1.69. The topological polar surface area (TPSA) is 75.6 Å². The molecule has 1 heterocycles. The monoisotopic (exact) mass is 337 g/mol. The molecule has 1 aromatic carbocycles. The Morgan fingerprint density at radius 2 is 2.09 bits per heavy atom. The number of nitrogens with one attached hydrogen (secondary N) is 1. The average Bonchev–Trinajstić information content (AvgIpc) is 2.53. The SMILES string of the molecule is CCC(Oc1cccc(C)c1)C(=O)NC1(C(=O)O)CCSCC1. The molecule has 2 N–H and O–H groups in total. The van der Waals surface area contributed by atoms with Crippen LogP contribution in [0.2, 0.25) is 0 Å². The molecule has 1 saturated heterocycles. The number of ether oxygens (including phenoxy) is 1. The standard InChI is InChI=1S/C17H23NO4S/c1-3-14(22-13-6-4-5-12(2)11-13)15(19)18-17(16(20)21)7-9-23-10-8-17/h4-6,11,14H,3,7-10H2,1-2H3,(H,18,19)(H,20,21). The van der Waals surface area contributed by atoms with Gasteiger partial charge in [0.05, 0.1) is 0 Å². The smallest absolute Gasteiger partial charge is 0.329 e. The molecule has 23 heavy (non-hydrogen) atoms. The predicted octanol–water partition coefficient (Wildman–Crippen LogP) is 2.62. The third-order valence-electron chi connectivity index (χ3n) is 4.05. The lowest BCUT2D eigenvalue weighted by Crippen LogP contribution is -2.59. The van der Waals surface area contributed by atoms with Crippen LogP contribution in [0.15, 0.2) is 24.3 Å². The minimum Gasteiger partial charge on any atom is -0.481 e. The second-order valence-corrected chi connectivity index (χ2v) is 7.04.